The zero-order valence-electron chi connectivity index (χ0n) is 10.9. The first-order valence-corrected chi connectivity index (χ1v) is 7.24. The van der Waals surface area contributed by atoms with Gasteiger partial charge in [-0.3, -0.25) is 0 Å². The Morgan fingerprint density at radius 2 is 1.31 bits per heavy atom. The molecule has 16 heavy (non-hydrogen) atoms. The van der Waals surface area contributed by atoms with Gasteiger partial charge in [-0.1, -0.05) is 33.1 Å². The van der Waals surface area contributed by atoms with E-state index >= 15 is 0 Å². The van der Waals surface area contributed by atoms with Crippen molar-refractivity contribution >= 4 is 0 Å². The van der Waals surface area contributed by atoms with Crippen LogP contribution in [0.5, 0.6) is 0 Å². The number of hydrogen-bond donors (Lipinski definition) is 1. The maximum absolute atomic E-state index is 11.5. The van der Waals surface area contributed by atoms with E-state index < -0.39 is 0 Å². The Balaban J connectivity index is 2.02. The van der Waals surface area contributed by atoms with Gasteiger partial charge in [-0.2, -0.15) is 0 Å². The van der Waals surface area contributed by atoms with Gasteiger partial charge >= 0.3 is 0 Å². The van der Waals surface area contributed by atoms with Crippen molar-refractivity contribution in [3.05, 3.63) is 0 Å². The predicted octanol–water partition coefficient (Wildman–Crippen LogP) is 3.90. The van der Waals surface area contributed by atoms with Crippen molar-refractivity contribution in [2.75, 3.05) is 0 Å². The van der Waals surface area contributed by atoms with Crippen LogP contribution in [0.15, 0.2) is 0 Å². The summed E-state index contributed by atoms with van der Waals surface area (Å²) in [6, 6.07) is 0. The number of rotatable bonds is 1. The maximum atomic E-state index is 11.5. The van der Waals surface area contributed by atoms with Gasteiger partial charge < -0.3 is 5.11 Å². The van der Waals surface area contributed by atoms with Gasteiger partial charge in [0.25, 0.3) is 0 Å². The summed E-state index contributed by atoms with van der Waals surface area (Å²) in [6.07, 6.45) is 11.6. The molecular weight excluding hydrogens is 196 g/mol. The molecule has 0 spiro atoms. The molecule has 92 valence electrons. The fourth-order valence-electron chi connectivity index (χ4n) is 5.49. The molecule has 0 amide bonds. The Morgan fingerprint density at radius 3 is 1.81 bits per heavy atom. The molecule has 3 saturated carbocycles. The minimum Gasteiger partial charge on any atom is -0.388 e. The molecule has 1 N–H and O–H groups in total. The molecule has 3 aliphatic rings. The van der Waals surface area contributed by atoms with E-state index in [2.05, 4.69) is 13.8 Å². The zero-order valence-corrected chi connectivity index (χ0v) is 10.9. The first-order chi connectivity index (χ1) is 7.52. The van der Waals surface area contributed by atoms with Gasteiger partial charge in [0.1, 0.15) is 0 Å². The largest absolute Gasteiger partial charge is 0.388 e. The minimum atomic E-state index is -0.339. The quantitative estimate of drug-likeness (QED) is 0.713. The summed E-state index contributed by atoms with van der Waals surface area (Å²) in [5.74, 6) is 0.602. The highest BCUT2D eigenvalue weighted by Gasteiger charge is 2.67. The van der Waals surface area contributed by atoms with E-state index in [1.165, 1.54) is 57.8 Å². The van der Waals surface area contributed by atoms with Gasteiger partial charge in [0.15, 0.2) is 0 Å². The molecule has 3 fully saturated rings. The van der Waals surface area contributed by atoms with Crippen molar-refractivity contribution in [3.8, 4) is 0 Å². The molecule has 3 aliphatic carbocycles. The summed E-state index contributed by atoms with van der Waals surface area (Å²) in [5.41, 5.74) is 0.124. The molecule has 1 heteroatoms. The first kappa shape index (κ1) is 11.1. The smallest absolute Gasteiger partial charge is 0.0782 e. The Labute approximate surface area is 99.6 Å². The Hall–Kier alpha value is -0.0400. The highest BCUT2D eigenvalue weighted by Crippen LogP contribution is 2.68. The lowest BCUT2D eigenvalue weighted by Crippen LogP contribution is -2.58. The van der Waals surface area contributed by atoms with Crippen LogP contribution in [0.2, 0.25) is 0 Å². The van der Waals surface area contributed by atoms with Crippen LogP contribution in [-0.2, 0) is 0 Å². The van der Waals surface area contributed by atoms with Crippen molar-refractivity contribution < 1.29 is 5.11 Å². The fraction of sp³-hybridized carbons (Fsp3) is 1.00. The van der Waals surface area contributed by atoms with Crippen LogP contribution in [0.1, 0.15) is 71.6 Å². The lowest BCUT2D eigenvalue weighted by Gasteiger charge is -2.55. The summed E-state index contributed by atoms with van der Waals surface area (Å²) < 4.78 is 0. The van der Waals surface area contributed by atoms with E-state index in [1.807, 2.05) is 0 Å². The molecule has 2 bridgehead atoms. The van der Waals surface area contributed by atoms with Gasteiger partial charge in [0, 0.05) is 0 Å². The van der Waals surface area contributed by atoms with Crippen LogP contribution < -0.4 is 0 Å². The third-order valence-electron chi connectivity index (χ3n) is 6.47. The third kappa shape index (κ3) is 1.11. The molecule has 0 radical (unpaired) electrons. The first-order valence-electron chi connectivity index (χ1n) is 7.24. The number of hydrogen-bond acceptors (Lipinski definition) is 1. The molecular formula is C15H26O. The average molecular weight is 222 g/mol. The van der Waals surface area contributed by atoms with E-state index in [9.17, 15) is 5.11 Å². The predicted molar refractivity (Wildman–Crippen MR) is 66.2 cm³/mol. The van der Waals surface area contributed by atoms with Crippen LogP contribution in [-0.4, -0.2) is 10.7 Å². The van der Waals surface area contributed by atoms with E-state index in [1.54, 1.807) is 0 Å². The SMILES string of the molecule is CC12CCCC(C)(CC1)C2(O)C1CCCC1. The third-order valence-corrected chi connectivity index (χ3v) is 6.47. The van der Waals surface area contributed by atoms with Crippen LogP contribution in [0, 0.1) is 16.7 Å². The molecule has 0 aromatic heterocycles. The molecule has 0 aromatic rings. The van der Waals surface area contributed by atoms with Crippen molar-refractivity contribution in [1.82, 2.24) is 0 Å². The van der Waals surface area contributed by atoms with Gasteiger partial charge in [-0.25, -0.2) is 0 Å². The molecule has 0 aliphatic heterocycles. The van der Waals surface area contributed by atoms with Gasteiger partial charge in [0.05, 0.1) is 5.60 Å². The Bertz CT molecular complexity index is 274. The summed E-state index contributed by atoms with van der Waals surface area (Å²) in [6.45, 7) is 4.74. The van der Waals surface area contributed by atoms with Gasteiger partial charge in [-0.15, -0.1) is 0 Å². The second-order valence-electron chi connectivity index (χ2n) is 7.22. The molecule has 2 atom stereocenters. The fourth-order valence-corrected chi connectivity index (χ4v) is 5.49. The molecule has 0 saturated heterocycles. The molecule has 0 aromatic carbocycles. The van der Waals surface area contributed by atoms with Crippen molar-refractivity contribution in [2.24, 2.45) is 16.7 Å². The molecule has 2 unspecified atom stereocenters. The average Bonchev–Trinajstić information content (AvgIpc) is 2.79. The monoisotopic (exact) mass is 222 g/mol. The maximum Gasteiger partial charge on any atom is 0.0782 e. The molecule has 3 rings (SSSR count). The lowest BCUT2D eigenvalue weighted by atomic mass is 9.53. The van der Waals surface area contributed by atoms with E-state index in [4.69, 9.17) is 0 Å². The van der Waals surface area contributed by atoms with E-state index in [0.29, 0.717) is 5.92 Å². The van der Waals surface area contributed by atoms with Gasteiger partial charge in [0.2, 0.25) is 0 Å². The topological polar surface area (TPSA) is 20.2 Å². The van der Waals surface area contributed by atoms with Crippen molar-refractivity contribution in [2.45, 2.75) is 77.2 Å². The molecule has 1 nitrogen and oxygen atoms in total. The standard InChI is InChI=1S/C15H26O/c1-13-8-5-9-14(2,11-10-13)15(13,16)12-6-3-4-7-12/h12,16H,3-11H2,1-2H3. The second kappa shape index (κ2) is 3.25. The lowest BCUT2D eigenvalue weighted by molar-refractivity contribution is -0.185. The van der Waals surface area contributed by atoms with Gasteiger partial charge in [-0.05, 0) is 55.3 Å². The second-order valence-corrected chi connectivity index (χ2v) is 7.22. The van der Waals surface area contributed by atoms with E-state index in [-0.39, 0.29) is 16.4 Å². The van der Waals surface area contributed by atoms with Crippen LogP contribution >= 0.6 is 0 Å². The van der Waals surface area contributed by atoms with Crippen molar-refractivity contribution in [1.29, 1.82) is 0 Å². The Morgan fingerprint density at radius 1 is 0.812 bits per heavy atom. The van der Waals surface area contributed by atoms with Crippen LogP contribution in [0.4, 0.5) is 0 Å². The summed E-state index contributed by atoms with van der Waals surface area (Å²) in [4.78, 5) is 0. The highest BCUT2D eigenvalue weighted by atomic mass is 16.3. The summed E-state index contributed by atoms with van der Waals surface area (Å²) in [5, 5.41) is 11.5. The molecule has 0 heterocycles. The van der Waals surface area contributed by atoms with Crippen LogP contribution in [0.3, 0.4) is 0 Å². The number of fused-ring (bicyclic) bond motifs is 2. The normalized spacial score (nSPS) is 53.4. The van der Waals surface area contributed by atoms with E-state index in [0.717, 1.165) is 0 Å². The van der Waals surface area contributed by atoms with Crippen LogP contribution in [0.25, 0.3) is 0 Å². The Kier molecular flexibility index (Phi) is 2.25. The minimum absolute atomic E-state index is 0.231. The zero-order chi connectivity index (χ0) is 11.4. The number of aliphatic hydroxyl groups is 1. The van der Waals surface area contributed by atoms with Crippen molar-refractivity contribution in [3.63, 3.8) is 0 Å². The summed E-state index contributed by atoms with van der Waals surface area (Å²) >= 11 is 0. The summed E-state index contributed by atoms with van der Waals surface area (Å²) in [7, 11) is 0. The highest BCUT2D eigenvalue weighted by molar-refractivity contribution is 5.17.